The normalized spacial score (nSPS) is 24.5. The number of amides is 6. The molecule has 16 nitrogen and oxygen atoms in total. The Kier molecular flexibility index (Phi) is 22.9. The van der Waals surface area contributed by atoms with E-state index in [0.717, 1.165) is 86.5 Å². The van der Waals surface area contributed by atoms with Crippen LogP contribution in [0.5, 0.6) is 0 Å². The summed E-state index contributed by atoms with van der Waals surface area (Å²) >= 11 is 0. The number of likely N-dealkylation sites (tertiary alicyclic amines) is 2. The molecule has 0 unspecified atom stereocenters. The minimum Gasteiger partial charge on any atom is -0.363 e. The molecule has 0 radical (unpaired) electrons. The lowest BCUT2D eigenvalue weighted by molar-refractivity contribution is -0.143. The highest BCUT2D eigenvalue weighted by Gasteiger charge is 2.45. The van der Waals surface area contributed by atoms with Crippen molar-refractivity contribution in [1.82, 2.24) is 41.7 Å². The van der Waals surface area contributed by atoms with Crippen LogP contribution in [0.25, 0.3) is 0 Å². The van der Waals surface area contributed by atoms with Crippen LogP contribution in [-0.4, -0.2) is 134 Å². The molecule has 6 N–H and O–H groups in total. The Labute approximate surface area is 462 Å². The number of carbonyl (C=O) groups is 6. The largest absolute Gasteiger partial charge is 0.363 e. The summed E-state index contributed by atoms with van der Waals surface area (Å²) in [6.07, 6.45) is 12.6. The molecule has 414 valence electrons. The van der Waals surface area contributed by atoms with Crippen molar-refractivity contribution in [3.63, 3.8) is 0 Å². The van der Waals surface area contributed by atoms with Crippen molar-refractivity contribution < 1.29 is 38.2 Å². The second-order valence-electron chi connectivity index (χ2n) is 21.2. The van der Waals surface area contributed by atoms with Crippen molar-refractivity contribution in [2.45, 2.75) is 177 Å². The first kappa shape index (κ1) is 60.0. The van der Waals surface area contributed by atoms with E-state index in [4.69, 9.17) is 9.47 Å². The molecule has 4 aliphatic carbocycles. The lowest BCUT2D eigenvalue weighted by Crippen LogP contribution is -2.58. The van der Waals surface area contributed by atoms with Crippen molar-refractivity contribution in [3.05, 3.63) is 70.8 Å². The number of rotatable bonds is 18. The molecule has 18 heteroatoms. The van der Waals surface area contributed by atoms with Crippen molar-refractivity contribution in [2.24, 2.45) is 11.8 Å². The number of ether oxygens (including phenoxy) is 2. The lowest BCUT2D eigenvalue weighted by atomic mass is 9.83. The van der Waals surface area contributed by atoms with Gasteiger partial charge in [-0.25, -0.2) is 0 Å². The molecule has 0 spiro atoms. The molecule has 2 aromatic carbocycles. The highest BCUT2D eigenvalue weighted by molar-refractivity contribution is 5.95. The van der Waals surface area contributed by atoms with Gasteiger partial charge in [-0.3, -0.25) is 28.8 Å². The third-order valence-electron chi connectivity index (χ3n) is 16.6. The van der Waals surface area contributed by atoms with Crippen LogP contribution in [0.4, 0.5) is 0 Å². The summed E-state index contributed by atoms with van der Waals surface area (Å²) in [5.74, 6) is 10.6. The topological polar surface area (TPSA) is 200 Å². The Bertz CT molecular complexity index is 2300. The maximum absolute atomic E-state index is 14.3. The van der Waals surface area contributed by atoms with Gasteiger partial charge < -0.3 is 51.2 Å². The monoisotopic (exact) mass is 1090 g/mol. The zero-order valence-corrected chi connectivity index (χ0v) is 46.3. The van der Waals surface area contributed by atoms with Crippen LogP contribution in [0.1, 0.15) is 138 Å². The number of likely N-dealkylation sites (N-methyl/N-ethyl adjacent to an activating group) is 2. The quantitative estimate of drug-likeness (QED) is 0.113. The summed E-state index contributed by atoms with van der Waals surface area (Å²) in [5.41, 5.74) is 4.10. The predicted octanol–water partition coefficient (Wildman–Crippen LogP) is 4.76. The Hall–Kier alpha value is -5.20. The third-order valence-corrected chi connectivity index (χ3v) is 16.6. The summed E-state index contributed by atoms with van der Waals surface area (Å²) in [6, 6.07) is 11.5. The summed E-state index contributed by atoms with van der Waals surface area (Å²) in [6.45, 7) is 4.62. The van der Waals surface area contributed by atoms with Crippen LogP contribution < -0.4 is 31.9 Å². The van der Waals surface area contributed by atoms with E-state index in [9.17, 15) is 28.8 Å². The number of nitrogens with one attached hydrogen (secondary N) is 6. The fourth-order valence-electron chi connectivity index (χ4n) is 12.2. The third kappa shape index (κ3) is 14.5. The zero-order chi connectivity index (χ0) is 52.1. The highest BCUT2D eigenvalue weighted by atomic mass is 35.5. The first-order valence-electron chi connectivity index (χ1n) is 27.5. The van der Waals surface area contributed by atoms with Gasteiger partial charge in [0.15, 0.2) is 0 Å². The van der Waals surface area contributed by atoms with E-state index in [1.54, 1.807) is 37.7 Å². The standard InChI is InChI=1S/C58H78N8O8.2ClH/c1-37(59-3)53(67)61-49(39-21-9-7-10-22-39)57(71)65-31-19-29-45(65)55(69)63-51-43-27-15-13-25-41(43)35-47(51)73-33-17-5-6-18-34-74-48-36-42-26-14-16-28-44(42)52(48)64-56(70)46-30-20-32-66(46)58(72)50(40-23-11-8-12-24-40)62-54(68)38(2)60-4;;/h13-16,25-28,37-40,45-52,59-60H,7-12,19-24,29-36H2,1-4H3,(H,61,67)(H,62,68)(H,63,69)(H,64,70);2*1H/t37-,38-,45-,46-,47+,48+,49-,50-,51-,52-;;/m0../s1. The van der Waals surface area contributed by atoms with E-state index in [2.05, 4.69) is 55.6 Å². The predicted molar refractivity (Wildman–Crippen MR) is 295 cm³/mol. The van der Waals surface area contributed by atoms with E-state index in [1.165, 1.54) is 0 Å². The van der Waals surface area contributed by atoms with Crippen molar-refractivity contribution in [1.29, 1.82) is 0 Å². The molecule has 8 rings (SSSR count). The molecule has 4 fully saturated rings. The van der Waals surface area contributed by atoms with E-state index in [0.29, 0.717) is 51.6 Å². The molecule has 6 aliphatic rings. The Morgan fingerprint density at radius 2 is 0.934 bits per heavy atom. The molecule has 2 saturated heterocycles. The van der Waals surface area contributed by atoms with Crippen LogP contribution in [0.3, 0.4) is 0 Å². The molecule has 2 saturated carbocycles. The van der Waals surface area contributed by atoms with Gasteiger partial charge in [-0.1, -0.05) is 98.9 Å². The molecule has 2 heterocycles. The highest BCUT2D eigenvalue weighted by Crippen LogP contribution is 2.37. The average molecular weight is 1090 g/mol. The van der Waals surface area contributed by atoms with Crippen LogP contribution >= 0.6 is 24.8 Å². The SMILES string of the molecule is CN[C@@H](C)C(=O)N[C@H](C(=O)N1CCC[C@H]1C(=O)N[C@H]1c2ccccc2C[C@H]1OCC#CC#CCO[C@@H]1Cc2ccccc2[C@@H]1NC(=O)[C@@H]1CCCN1C(=O)[C@@H](NC(=O)[C@H](C)NC)C1CCCCC1)C1CCCCC1.Cl.Cl. The van der Waals surface area contributed by atoms with Gasteiger partial charge in [-0.15, -0.1) is 24.8 Å². The number of nitrogens with zero attached hydrogens (tertiary/aromatic N) is 2. The van der Waals surface area contributed by atoms with Crippen LogP contribution in [0.2, 0.25) is 0 Å². The van der Waals surface area contributed by atoms with Gasteiger partial charge in [-0.05, 0) is 125 Å². The fraction of sp³-hybridized carbons (Fsp3) is 0.621. The number of hydrogen-bond donors (Lipinski definition) is 6. The van der Waals surface area contributed by atoms with E-state index >= 15 is 0 Å². The Balaban J connectivity index is 0.00000469. The molecule has 2 aliphatic heterocycles. The van der Waals surface area contributed by atoms with Gasteiger partial charge in [0, 0.05) is 25.9 Å². The van der Waals surface area contributed by atoms with Gasteiger partial charge in [0.1, 0.15) is 37.4 Å². The first-order valence-corrected chi connectivity index (χ1v) is 27.5. The number of halogens is 2. The summed E-state index contributed by atoms with van der Waals surface area (Å²) in [7, 11) is 3.44. The maximum Gasteiger partial charge on any atom is 0.246 e. The smallest absolute Gasteiger partial charge is 0.246 e. The van der Waals surface area contributed by atoms with Gasteiger partial charge in [0.05, 0.1) is 36.4 Å². The van der Waals surface area contributed by atoms with E-state index in [1.807, 2.05) is 48.5 Å². The lowest BCUT2D eigenvalue weighted by Gasteiger charge is -2.35. The van der Waals surface area contributed by atoms with E-state index in [-0.39, 0.29) is 97.5 Å². The fourth-order valence-corrected chi connectivity index (χ4v) is 12.2. The van der Waals surface area contributed by atoms with Gasteiger partial charge in [0.2, 0.25) is 35.4 Å². The molecule has 2 aromatic rings. The Morgan fingerprint density at radius 3 is 1.32 bits per heavy atom. The molecule has 10 atom stereocenters. The van der Waals surface area contributed by atoms with Crippen molar-refractivity contribution in [3.8, 4) is 23.7 Å². The second kappa shape index (κ2) is 29.0. The van der Waals surface area contributed by atoms with Crippen LogP contribution in [0, 0.1) is 35.5 Å². The van der Waals surface area contributed by atoms with Gasteiger partial charge >= 0.3 is 0 Å². The molecule has 76 heavy (non-hydrogen) atoms. The minimum atomic E-state index is -0.679. The summed E-state index contributed by atoms with van der Waals surface area (Å²) < 4.78 is 12.7. The number of benzene rings is 2. The van der Waals surface area contributed by atoms with Gasteiger partial charge in [0.25, 0.3) is 0 Å². The van der Waals surface area contributed by atoms with Gasteiger partial charge in [-0.2, -0.15) is 0 Å². The molecular weight excluding hydrogens is 1010 g/mol. The maximum atomic E-state index is 14.3. The molecule has 0 bridgehead atoms. The van der Waals surface area contributed by atoms with E-state index < -0.39 is 48.3 Å². The zero-order valence-electron chi connectivity index (χ0n) is 44.7. The van der Waals surface area contributed by atoms with Crippen molar-refractivity contribution in [2.75, 3.05) is 40.4 Å². The molecular formula is C58H80Cl2N8O8. The average Bonchev–Trinajstić information content (AvgIpc) is 4.27. The summed E-state index contributed by atoms with van der Waals surface area (Å²) in [4.78, 5) is 86.6. The first-order chi connectivity index (χ1) is 36.0. The molecule has 0 aromatic heterocycles. The molecule has 6 amide bonds. The minimum absolute atomic E-state index is 0. The van der Waals surface area contributed by atoms with Crippen LogP contribution in [-0.2, 0) is 51.1 Å². The summed E-state index contributed by atoms with van der Waals surface area (Å²) in [5, 5.41) is 18.6. The van der Waals surface area contributed by atoms with Crippen LogP contribution in [0.15, 0.2) is 48.5 Å². The van der Waals surface area contributed by atoms with Crippen molar-refractivity contribution >= 4 is 60.3 Å². The number of hydrogen-bond acceptors (Lipinski definition) is 10. The number of fused-ring (bicyclic) bond motifs is 2. The Morgan fingerprint density at radius 1 is 0.553 bits per heavy atom. The second-order valence-corrected chi connectivity index (χ2v) is 21.2. The number of carbonyl (C=O) groups excluding carboxylic acids is 6.